The zero-order valence-electron chi connectivity index (χ0n) is 18.9. The van der Waals surface area contributed by atoms with Gasteiger partial charge in [0, 0.05) is 44.0 Å². The summed E-state index contributed by atoms with van der Waals surface area (Å²) >= 11 is 0. The Balaban J connectivity index is 1.29. The summed E-state index contributed by atoms with van der Waals surface area (Å²) in [6.45, 7) is 4.76. The number of benzene rings is 3. The highest BCUT2D eigenvalue weighted by Crippen LogP contribution is 2.34. The van der Waals surface area contributed by atoms with Crippen LogP contribution >= 0.6 is 0 Å². The van der Waals surface area contributed by atoms with E-state index < -0.39 is 10.0 Å². The molecule has 176 valence electrons. The second kappa shape index (κ2) is 8.76. The third-order valence-electron chi connectivity index (χ3n) is 6.55. The molecule has 5 rings (SSSR count). The number of piperazine rings is 1. The Labute approximate surface area is 199 Å². The van der Waals surface area contributed by atoms with Gasteiger partial charge in [0.1, 0.15) is 5.82 Å². The second-order valence-electron chi connectivity index (χ2n) is 8.74. The topological polar surface area (TPSA) is 60.9 Å². The maximum absolute atomic E-state index is 13.2. The van der Waals surface area contributed by atoms with Crippen molar-refractivity contribution in [2.45, 2.75) is 18.2 Å². The lowest BCUT2D eigenvalue weighted by molar-refractivity contribution is 0.0746. The highest BCUT2D eigenvalue weighted by molar-refractivity contribution is 7.92. The molecule has 6 nitrogen and oxygen atoms in total. The lowest BCUT2D eigenvalue weighted by atomic mass is 10.1. The van der Waals surface area contributed by atoms with Crippen molar-refractivity contribution in [3.8, 4) is 0 Å². The number of hydrogen-bond acceptors (Lipinski definition) is 4. The van der Waals surface area contributed by atoms with E-state index in [-0.39, 0.29) is 16.6 Å². The standard InChI is InChI=1S/C26H26FN3O3S/c1-19-2-9-24(10-3-19)34(32,33)30-13-12-20-18-21(4-11-25(20)30)26(31)29-16-14-28(15-17-29)23-7-5-22(27)6-8-23/h2-11,18H,12-17H2,1H3. The third kappa shape index (κ3) is 4.14. The molecule has 1 saturated heterocycles. The molecular weight excluding hydrogens is 453 g/mol. The molecule has 0 radical (unpaired) electrons. The third-order valence-corrected chi connectivity index (χ3v) is 8.37. The first-order valence-electron chi connectivity index (χ1n) is 11.3. The van der Waals surface area contributed by atoms with Gasteiger partial charge in [-0.25, -0.2) is 12.8 Å². The minimum Gasteiger partial charge on any atom is -0.368 e. The summed E-state index contributed by atoms with van der Waals surface area (Å²) in [6.07, 6.45) is 0.569. The van der Waals surface area contributed by atoms with Gasteiger partial charge in [0.25, 0.3) is 15.9 Å². The van der Waals surface area contributed by atoms with Crippen LogP contribution in [-0.4, -0.2) is 51.9 Å². The molecule has 0 saturated carbocycles. The van der Waals surface area contributed by atoms with Crippen molar-refractivity contribution in [1.29, 1.82) is 0 Å². The van der Waals surface area contributed by atoms with E-state index in [1.807, 2.05) is 17.9 Å². The fraction of sp³-hybridized carbons (Fsp3) is 0.269. The first kappa shape index (κ1) is 22.4. The van der Waals surface area contributed by atoms with E-state index in [2.05, 4.69) is 4.90 Å². The molecule has 0 unspecified atom stereocenters. The highest BCUT2D eigenvalue weighted by atomic mass is 32.2. The molecule has 0 atom stereocenters. The van der Waals surface area contributed by atoms with Crippen molar-refractivity contribution in [3.63, 3.8) is 0 Å². The quantitative estimate of drug-likeness (QED) is 0.571. The van der Waals surface area contributed by atoms with Gasteiger partial charge in [-0.05, 0) is 73.5 Å². The van der Waals surface area contributed by atoms with Crippen LogP contribution in [0.1, 0.15) is 21.5 Å². The number of halogens is 1. The van der Waals surface area contributed by atoms with E-state index >= 15 is 0 Å². The lowest BCUT2D eigenvalue weighted by Gasteiger charge is -2.36. The van der Waals surface area contributed by atoms with Crippen LogP contribution in [0.2, 0.25) is 0 Å². The van der Waals surface area contributed by atoms with Gasteiger partial charge in [0.15, 0.2) is 0 Å². The van der Waals surface area contributed by atoms with Gasteiger partial charge < -0.3 is 9.80 Å². The van der Waals surface area contributed by atoms with E-state index in [0.29, 0.717) is 50.4 Å². The van der Waals surface area contributed by atoms with Gasteiger partial charge in [0.2, 0.25) is 0 Å². The van der Waals surface area contributed by atoms with E-state index in [9.17, 15) is 17.6 Å². The van der Waals surface area contributed by atoms with Gasteiger partial charge in [-0.2, -0.15) is 0 Å². The monoisotopic (exact) mass is 479 g/mol. The summed E-state index contributed by atoms with van der Waals surface area (Å²) in [7, 11) is -3.65. The minimum absolute atomic E-state index is 0.0543. The summed E-state index contributed by atoms with van der Waals surface area (Å²) < 4.78 is 41.0. The van der Waals surface area contributed by atoms with Crippen LogP contribution in [-0.2, 0) is 16.4 Å². The van der Waals surface area contributed by atoms with Crippen LogP contribution < -0.4 is 9.21 Å². The Morgan fingerprint density at radius 1 is 0.853 bits per heavy atom. The fourth-order valence-corrected chi connectivity index (χ4v) is 6.10. The first-order chi connectivity index (χ1) is 16.3. The van der Waals surface area contributed by atoms with Gasteiger partial charge in [0.05, 0.1) is 10.6 Å². The summed E-state index contributed by atoms with van der Waals surface area (Å²) in [6, 6.07) is 18.5. The zero-order valence-corrected chi connectivity index (χ0v) is 19.8. The maximum atomic E-state index is 13.2. The van der Waals surface area contributed by atoms with Crippen molar-refractivity contribution in [2.24, 2.45) is 0 Å². The largest absolute Gasteiger partial charge is 0.368 e. The molecule has 1 amide bonds. The second-order valence-corrected chi connectivity index (χ2v) is 10.6. The number of anilines is 2. The van der Waals surface area contributed by atoms with Crippen LogP contribution in [0.5, 0.6) is 0 Å². The number of hydrogen-bond donors (Lipinski definition) is 0. The molecule has 34 heavy (non-hydrogen) atoms. The van der Waals surface area contributed by atoms with Crippen molar-refractivity contribution in [1.82, 2.24) is 4.90 Å². The van der Waals surface area contributed by atoms with Crippen LogP contribution in [0, 0.1) is 12.7 Å². The molecule has 1 fully saturated rings. The van der Waals surface area contributed by atoms with Crippen LogP contribution in [0.3, 0.4) is 0 Å². The van der Waals surface area contributed by atoms with Gasteiger partial charge in [-0.1, -0.05) is 17.7 Å². The van der Waals surface area contributed by atoms with E-state index in [4.69, 9.17) is 0 Å². The molecule has 0 aromatic heterocycles. The number of sulfonamides is 1. The Bertz CT molecular complexity index is 1320. The molecule has 2 heterocycles. The summed E-state index contributed by atoms with van der Waals surface area (Å²) in [5.41, 5.74) is 4.02. The number of amides is 1. The Morgan fingerprint density at radius 2 is 1.53 bits per heavy atom. The van der Waals surface area contributed by atoms with Crippen LogP contribution in [0.15, 0.2) is 71.6 Å². The molecule has 0 spiro atoms. The van der Waals surface area contributed by atoms with Gasteiger partial charge in [-0.3, -0.25) is 9.10 Å². The number of nitrogens with zero attached hydrogens (tertiary/aromatic N) is 3. The SMILES string of the molecule is Cc1ccc(S(=O)(=O)N2CCc3cc(C(=O)N4CCN(c5ccc(F)cc5)CC4)ccc32)cc1. The van der Waals surface area contributed by atoms with Gasteiger partial charge in [-0.15, -0.1) is 0 Å². The number of rotatable bonds is 4. The molecule has 0 bridgehead atoms. The molecule has 0 aliphatic carbocycles. The number of fused-ring (bicyclic) bond motifs is 1. The smallest absolute Gasteiger partial charge is 0.264 e. The van der Waals surface area contributed by atoms with Crippen molar-refractivity contribution < 1.29 is 17.6 Å². The predicted octanol–water partition coefficient (Wildman–Crippen LogP) is 3.85. The summed E-state index contributed by atoms with van der Waals surface area (Å²) in [4.78, 5) is 17.4. The molecule has 2 aliphatic heterocycles. The van der Waals surface area contributed by atoms with Crippen molar-refractivity contribution in [2.75, 3.05) is 41.9 Å². The average molecular weight is 480 g/mol. The first-order valence-corrected chi connectivity index (χ1v) is 12.8. The molecule has 8 heteroatoms. The zero-order chi connectivity index (χ0) is 23.9. The molecule has 2 aliphatic rings. The van der Waals surface area contributed by atoms with E-state index in [1.54, 1.807) is 48.5 Å². The minimum atomic E-state index is -3.65. The average Bonchev–Trinajstić information content (AvgIpc) is 3.29. The predicted molar refractivity (Wildman–Crippen MR) is 130 cm³/mol. The Hall–Kier alpha value is -3.39. The van der Waals surface area contributed by atoms with E-state index in [1.165, 1.54) is 16.4 Å². The number of carbonyl (C=O) groups is 1. The maximum Gasteiger partial charge on any atom is 0.264 e. The van der Waals surface area contributed by atoms with Crippen LogP contribution in [0.4, 0.5) is 15.8 Å². The van der Waals surface area contributed by atoms with Crippen LogP contribution in [0.25, 0.3) is 0 Å². The fourth-order valence-electron chi connectivity index (χ4n) is 4.59. The molecule has 3 aromatic carbocycles. The summed E-state index contributed by atoms with van der Waals surface area (Å²) in [5.74, 6) is -0.319. The number of aryl methyl sites for hydroxylation is 1. The van der Waals surface area contributed by atoms with Crippen molar-refractivity contribution in [3.05, 3.63) is 89.2 Å². The lowest BCUT2D eigenvalue weighted by Crippen LogP contribution is -2.48. The molecule has 3 aromatic rings. The summed E-state index contributed by atoms with van der Waals surface area (Å²) in [5, 5.41) is 0. The molecular formula is C26H26FN3O3S. The van der Waals surface area contributed by atoms with Crippen molar-refractivity contribution >= 4 is 27.3 Å². The number of carbonyl (C=O) groups excluding carboxylic acids is 1. The van der Waals surface area contributed by atoms with Gasteiger partial charge >= 0.3 is 0 Å². The Morgan fingerprint density at radius 3 is 2.21 bits per heavy atom. The highest BCUT2D eigenvalue weighted by Gasteiger charge is 2.32. The normalized spacial score (nSPS) is 16.0. The van der Waals surface area contributed by atoms with E-state index in [0.717, 1.165) is 16.8 Å². The molecule has 0 N–H and O–H groups in total. The Kier molecular flexibility index (Phi) is 5.77.